The first kappa shape index (κ1) is 19.6. The molecule has 2 aromatic carbocycles. The molecule has 0 fully saturated rings. The second kappa shape index (κ2) is 8.59. The molecule has 1 atom stereocenters. The van der Waals surface area contributed by atoms with Gasteiger partial charge in [-0.25, -0.2) is 0 Å². The zero-order chi connectivity index (χ0) is 18.4. The SMILES string of the molecule is CCOP(=O)(OCC)C(c1ccccc1)c1ccc(Cl)cc1[N+](=O)[O-]. The molecule has 0 radical (unpaired) electrons. The van der Waals surface area contributed by atoms with Crippen LogP contribution >= 0.6 is 19.2 Å². The van der Waals surface area contributed by atoms with Crippen LogP contribution in [0.4, 0.5) is 5.69 Å². The molecule has 1 unspecified atom stereocenters. The summed E-state index contributed by atoms with van der Waals surface area (Å²) in [6.45, 7) is 3.71. The summed E-state index contributed by atoms with van der Waals surface area (Å²) < 4.78 is 24.4. The Balaban J connectivity index is 2.73. The minimum Gasteiger partial charge on any atom is -0.308 e. The second-order valence-corrected chi connectivity index (χ2v) is 7.70. The summed E-state index contributed by atoms with van der Waals surface area (Å²) in [6.07, 6.45) is 0. The molecule has 2 rings (SSSR count). The van der Waals surface area contributed by atoms with E-state index in [1.54, 1.807) is 38.1 Å². The molecular formula is C17H19ClNO5P. The highest BCUT2D eigenvalue weighted by atomic mass is 35.5. The fourth-order valence-corrected chi connectivity index (χ4v) is 4.98. The monoisotopic (exact) mass is 383 g/mol. The van der Waals surface area contributed by atoms with Gasteiger partial charge in [0.15, 0.2) is 0 Å². The van der Waals surface area contributed by atoms with Crippen LogP contribution in [0.2, 0.25) is 5.02 Å². The maximum absolute atomic E-state index is 13.5. The summed E-state index contributed by atoms with van der Waals surface area (Å²) in [5, 5.41) is 11.8. The first-order valence-corrected chi connectivity index (χ1v) is 9.79. The molecule has 0 aliphatic rings. The van der Waals surface area contributed by atoms with Crippen molar-refractivity contribution in [1.82, 2.24) is 0 Å². The molecule has 0 aliphatic heterocycles. The summed E-state index contributed by atoms with van der Waals surface area (Å²) >= 11 is 5.91. The van der Waals surface area contributed by atoms with E-state index in [0.717, 1.165) is 0 Å². The van der Waals surface area contributed by atoms with E-state index in [2.05, 4.69) is 0 Å². The predicted molar refractivity (Wildman–Crippen MR) is 97.2 cm³/mol. The molecule has 8 heteroatoms. The average Bonchev–Trinajstić information content (AvgIpc) is 2.57. The number of nitro groups is 1. The highest BCUT2D eigenvalue weighted by molar-refractivity contribution is 7.54. The third kappa shape index (κ3) is 4.47. The van der Waals surface area contributed by atoms with Crippen molar-refractivity contribution in [2.24, 2.45) is 0 Å². The zero-order valence-corrected chi connectivity index (χ0v) is 15.6. The van der Waals surface area contributed by atoms with Crippen molar-refractivity contribution in [2.45, 2.75) is 19.5 Å². The Kier molecular flexibility index (Phi) is 6.73. The fraction of sp³-hybridized carbons (Fsp3) is 0.294. The first-order valence-electron chi connectivity index (χ1n) is 7.80. The molecule has 2 aromatic rings. The third-order valence-corrected chi connectivity index (χ3v) is 6.21. The van der Waals surface area contributed by atoms with E-state index in [1.807, 2.05) is 6.07 Å². The Hall–Kier alpha value is -1.72. The highest BCUT2D eigenvalue weighted by Crippen LogP contribution is 2.64. The lowest BCUT2D eigenvalue weighted by atomic mass is 10.0. The second-order valence-electron chi connectivity index (χ2n) is 5.15. The van der Waals surface area contributed by atoms with Crippen molar-refractivity contribution in [3.05, 3.63) is 74.8 Å². The van der Waals surface area contributed by atoms with Gasteiger partial charge >= 0.3 is 7.60 Å². The normalized spacial score (nSPS) is 12.8. The summed E-state index contributed by atoms with van der Waals surface area (Å²) in [4.78, 5) is 11.0. The van der Waals surface area contributed by atoms with Crippen LogP contribution in [0.25, 0.3) is 0 Å². The van der Waals surface area contributed by atoms with Crippen LogP contribution in [0.15, 0.2) is 48.5 Å². The number of nitro benzene ring substituents is 1. The van der Waals surface area contributed by atoms with Crippen LogP contribution in [0.3, 0.4) is 0 Å². The quantitative estimate of drug-likeness (QED) is 0.336. The molecule has 0 heterocycles. The van der Waals surface area contributed by atoms with Crippen LogP contribution in [0.5, 0.6) is 0 Å². The molecule has 0 aromatic heterocycles. The fourth-order valence-electron chi connectivity index (χ4n) is 2.62. The Morgan fingerprint density at radius 3 is 2.24 bits per heavy atom. The van der Waals surface area contributed by atoms with Crippen molar-refractivity contribution in [3.63, 3.8) is 0 Å². The topological polar surface area (TPSA) is 78.7 Å². The van der Waals surface area contributed by atoms with Gasteiger partial charge < -0.3 is 9.05 Å². The third-order valence-electron chi connectivity index (χ3n) is 3.53. The van der Waals surface area contributed by atoms with E-state index in [-0.39, 0.29) is 29.5 Å². The van der Waals surface area contributed by atoms with Gasteiger partial charge in [0, 0.05) is 16.7 Å². The standard InChI is InChI=1S/C17H19ClNO5P/c1-3-23-25(22,24-4-2)17(13-8-6-5-7-9-13)15-11-10-14(18)12-16(15)19(20)21/h5-12,17H,3-4H2,1-2H3. The smallest absolute Gasteiger partial charge is 0.308 e. The van der Waals surface area contributed by atoms with E-state index in [1.165, 1.54) is 18.2 Å². The van der Waals surface area contributed by atoms with E-state index < -0.39 is 18.2 Å². The molecule has 0 aliphatic carbocycles. The number of benzene rings is 2. The van der Waals surface area contributed by atoms with Gasteiger partial charge in [-0.3, -0.25) is 14.7 Å². The van der Waals surface area contributed by atoms with Gasteiger partial charge in [0.25, 0.3) is 5.69 Å². The maximum Gasteiger partial charge on any atom is 0.342 e. The molecule has 0 spiro atoms. The van der Waals surface area contributed by atoms with Gasteiger partial charge in [0.05, 0.1) is 18.1 Å². The van der Waals surface area contributed by atoms with Crippen LogP contribution in [-0.4, -0.2) is 18.1 Å². The molecule has 0 N–H and O–H groups in total. The molecular weight excluding hydrogens is 365 g/mol. The van der Waals surface area contributed by atoms with E-state index in [9.17, 15) is 14.7 Å². The summed E-state index contributed by atoms with van der Waals surface area (Å²) in [7, 11) is -3.70. The van der Waals surface area contributed by atoms with Crippen LogP contribution in [0.1, 0.15) is 30.6 Å². The van der Waals surface area contributed by atoms with Crippen molar-refractivity contribution < 1.29 is 18.5 Å². The summed E-state index contributed by atoms with van der Waals surface area (Å²) in [5.41, 5.74) is -0.295. The first-order chi connectivity index (χ1) is 11.9. The van der Waals surface area contributed by atoms with Crippen molar-refractivity contribution in [1.29, 1.82) is 0 Å². The number of nitrogens with zero attached hydrogens (tertiary/aromatic N) is 1. The Labute approximate surface area is 151 Å². The van der Waals surface area contributed by atoms with Crippen LogP contribution in [-0.2, 0) is 13.6 Å². The zero-order valence-electron chi connectivity index (χ0n) is 13.9. The lowest BCUT2D eigenvalue weighted by molar-refractivity contribution is -0.385. The molecule has 134 valence electrons. The molecule has 0 bridgehead atoms. The lowest BCUT2D eigenvalue weighted by Crippen LogP contribution is -2.10. The average molecular weight is 384 g/mol. The van der Waals surface area contributed by atoms with Crippen molar-refractivity contribution in [2.75, 3.05) is 13.2 Å². The Morgan fingerprint density at radius 1 is 1.12 bits per heavy atom. The van der Waals surface area contributed by atoms with Gasteiger partial charge in [-0.2, -0.15) is 0 Å². The maximum atomic E-state index is 13.5. The van der Waals surface area contributed by atoms with E-state index in [4.69, 9.17) is 20.6 Å². The molecule has 25 heavy (non-hydrogen) atoms. The number of halogens is 1. The highest BCUT2D eigenvalue weighted by Gasteiger charge is 2.41. The van der Waals surface area contributed by atoms with Gasteiger partial charge in [-0.05, 0) is 31.5 Å². The predicted octanol–water partition coefficient (Wildman–Crippen LogP) is 5.60. The number of hydrogen-bond donors (Lipinski definition) is 0. The Morgan fingerprint density at radius 2 is 1.72 bits per heavy atom. The summed E-state index contributed by atoms with van der Waals surface area (Å²) in [5.74, 6) is 0. The number of rotatable bonds is 8. The minimum absolute atomic E-state index is 0.155. The molecule has 0 amide bonds. The van der Waals surface area contributed by atoms with Crippen molar-refractivity contribution in [3.8, 4) is 0 Å². The van der Waals surface area contributed by atoms with Gasteiger partial charge in [-0.15, -0.1) is 0 Å². The largest absolute Gasteiger partial charge is 0.342 e. The molecule has 0 saturated carbocycles. The Bertz CT molecular complexity index is 774. The van der Waals surface area contributed by atoms with Gasteiger partial charge in [0.1, 0.15) is 5.66 Å². The van der Waals surface area contributed by atoms with Gasteiger partial charge in [0.2, 0.25) is 0 Å². The molecule has 0 saturated heterocycles. The number of hydrogen-bond acceptors (Lipinski definition) is 5. The van der Waals surface area contributed by atoms with Crippen molar-refractivity contribution >= 4 is 24.9 Å². The molecule has 6 nitrogen and oxygen atoms in total. The van der Waals surface area contributed by atoms with E-state index >= 15 is 0 Å². The van der Waals surface area contributed by atoms with Gasteiger partial charge in [-0.1, -0.05) is 41.9 Å². The lowest BCUT2D eigenvalue weighted by Gasteiger charge is -2.27. The minimum atomic E-state index is -3.70. The van der Waals surface area contributed by atoms with Crippen LogP contribution in [0, 0.1) is 10.1 Å². The summed E-state index contributed by atoms with van der Waals surface area (Å²) in [6, 6.07) is 13.1. The van der Waals surface area contributed by atoms with E-state index in [0.29, 0.717) is 5.56 Å². The van der Waals surface area contributed by atoms with Crippen LogP contribution < -0.4 is 0 Å².